The number of carbonyl (C=O) groups excluding carboxylic acids is 1. The molecule has 1 aromatic rings. The number of nitrogens with zero attached hydrogens (tertiary/aromatic N) is 4. The lowest BCUT2D eigenvalue weighted by atomic mass is 10.2. The van der Waals surface area contributed by atoms with Crippen LogP contribution in [-0.4, -0.2) is 80.0 Å². The van der Waals surface area contributed by atoms with Crippen LogP contribution in [0.4, 0.5) is 5.82 Å². The highest BCUT2D eigenvalue weighted by molar-refractivity contribution is 7.91. The second-order valence-corrected chi connectivity index (χ2v) is 8.75. The molecule has 2 saturated heterocycles. The molecule has 0 spiro atoms. The molecule has 1 aromatic heterocycles. The van der Waals surface area contributed by atoms with E-state index in [1.807, 2.05) is 0 Å². The third-order valence-electron chi connectivity index (χ3n) is 4.45. The lowest BCUT2D eigenvalue weighted by Gasteiger charge is -2.33. The van der Waals surface area contributed by atoms with Crippen LogP contribution in [0.15, 0.2) is 6.07 Å². The van der Waals surface area contributed by atoms with Crippen LogP contribution in [0.1, 0.15) is 22.7 Å². The maximum absolute atomic E-state index is 12.4. The minimum Gasteiger partial charge on any atom is -0.354 e. The van der Waals surface area contributed by atoms with Gasteiger partial charge in [-0.3, -0.25) is 4.79 Å². The Hall–Kier alpha value is -1.74. The van der Waals surface area contributed by atoms with Crippen molar-refractivity contribution < 1.29 is 13.2 Å². The summed E-state index contributed by atoms with van der Waals surface area (Å²) in [5, 5.41) is 2.78. The number of nitrogens with one attached hydrogen (secondary N) is 1. The van der Waals surface area contributed by atoms with E-state index in [2.05, 4.69) is 32.1 Å². The Morgan fingerprint density at radius 2 is 1.96 bits per heavy atom. The molecule has 0 saturated carbocycles. The molecule has 1 unspecified atom stereocenters. The number of sulfone groups is 1. The first-order valence-electron chi connectivity index (χ1n) is 8.13. The van der Waals surface area contributed by atoms with Crippen LogP contribution in [-0.2, 0) is 9.84 Å². The molecule has 0 radical (unpaired) electrons. The zero-order chi connectivity index (χ0) is 17.3. The van der Waals surface area contributed by atoms with Gasteiger partial charge in [-0.15, -0.1) is 0 Å². The molecule has 9 heteroatoms. The number of aromatic nitrogens is 2. The molecular formula is C15H23N5O3S. The van der Waals surface area contributed by atoms with Crippen LogP contribution in [0, 0.1) is 6.92 Å². The van der Waals surface area contributed by atoms with Gasteiger partial charge in [0.1, 0.15) is 17.3 Å². The molecule has 24 heavy (non-hydrogen) atoms. The van der Waals surface area contributed by atoms with Gasteiger partial charge < -0.3 is 15.1 Å². The average Bonchev–Trinajstić information content (AvgIpc) is 2.86. The highest BCUT2D eigenvalue weighted by atomic mass is 32.2. The largest absolute Gasteiger partial charge is 0.354 e. The molecular weight excluding hydrogens is 330 g/mol. The molecule has 3 heterocycles. The number of hydrogen-bond donors (Lipinski definition) is 1. The molecule has 0 aliphatic carbocycles. The SMILES string of the molecule is Cc1nc(C(=O)NC2CCS(=O)(=O)C2)cc(N2CCN(C)CC2)n1. The summed E-state index contributed by atoms with van der Waals surface area (Å²) in [5.74, 6) is 1.09. The number of amides is 1. The molecule has 8 nitrogen and oxygen atoms in total. The van der Waals surface area contributed by atoms with Gasteiger partial charge in [0.15, 0.2) is 9.84 Å². The van der Waals surface area contributed by atoms with E-state index in [1.54, 1.807) is 13.0 Å². The van der Waals surface area contributed by atoms with Gasteiger partial charge in [0.05, 0.1) is 11.5 Å². The summed E-state index contributed by atoms with van der Waals surface area (Å²) in [4.78, 5) is 25.5. The summed E-state index contributed by atoms with van der Waals surface area (Å²) in [6.07, 6.45) is 0.462. The quantitative estimate of drug-likeness (QED) is 0.779. The molecule has 0 aromatic carbocycles. The Balaban J connectivity index is 1.72. The van der Waals surface area contributed by atoms with E-state index < -0.39 is 9.84 Å². The van der Waals surface area contributed by atoms with E-state index in [4.69, 9.17) is 0 Å². The van der Waals surface area contributed by atoms with E-state index >= 15 is 0 Å². The summed E-state index contributed by atoms with van der Waals surface area (Å²) in [6.45, 7) is 5.37. The van der Waals surface area contributed by atoms with Gasteiger partial charge in [-0.1, -0.05) is 0 Å². The van der Waals surface area contributed by atoms with Crippen molar-refractivity contribution in [3.05, 3.63) is 17.6 Å². The fourth-order valence-corrected chi connectivity index (χ4v) is 4.71. The smallest absolute Gasteiger partial charge is 0.270 e. The fraction of sp³-hybridized carbons (Fsp3) is 0.667. The number of anilines is 1. The maximum atomic E-state index is 12.4. The van der Waals surface area contributed by atoms with Crippen molar-refractivity contribution in [3.63, 3.8) is 0 Å². The second-order valence-electron chi connectivity index (χ2n) is 6.52. The van der Waals surface area contributed by atoms with E-state index in [0.29, 0.717) is 17.9 Å². The van der Waals surface area contributed by atoms with E-state index in [0.717, 1.165) is 32.0 Å². The fourth-order valence-electron chi connectivity index (χ4n) is 3.03. The van der Waals surface area contributed by atoms with Gasteiger partial charge in [0, 0.05) is 38.3 Å². The molecule has 0 bridgehead atoms. The van der Waals surface area contributed by atoms with Crippen molar-refractivity contribution in [2.45, 2.75) is 19.4 Å². The topological polar surface area (TPSA) is 95.5 Å². The van der Waals surface area contributed by atoms with Crippen LogP contribution >= 0.6 is 0 Å². The average molecular weight is 353 g/mol. The number of aryl methyl sites for hydroxylation is 1. The van der Waals surface area contributed by atoms with Crippen LogP contribution in [0.2, 0.25) is 0 Å². The number of piperazine rings is 1. The van der Waals surface area contributed by atoms with Crippen molar-refractivity contribution in [2.24, 2.45) is 0 Å². The summed E-state index contributed by atoms with van der Waals surface area (Å²) < 4.78 is 23.0. The van der Waals surface area contributed by atoms with Crippen molar-refractivity contribution >= 4 is 21.6 Å². The van der Waals surface area contributed by atoms with Gasteiger partial charge in [-0.05, 0) is 20.4 Å². The Bertz CT molecular complexity index is 729. The standard InChI is InChI=1S/C15H23N5O3S/c1-11-16-13(15(21)18-12-3-8-24(22,23)10-12)9-14(17-11)20-6-4-19(2)5-7-20/h9,12H,3-8,10H2,1-2H3,(H,18,21). The first-order valence-corrected chi connectivity index (χ1v) is 9.95. The summed E-state index contributed by atoms with van der Waals surface area (Å²) in [7, 11) is -0.942. The Morgan fingerprint density at radius 1 is 1.25 bits per heavy atom. The molecule has 132 valence electrons. The van der Waals surface area contributed by atoms with E-state index in [1.165, 1.54) is 0 Å². The summed E-state index contributed by atoms with van der Waals surface area (Å²) in [5.41, 5.74) is 0.292. The predicted octanol–water partition coefficient (Wildman–Crippen LogP) is -0.546. The van der Waals surface area contributed by atoms with E-state index in [9.17, 15) is 13.2 Å². The highest BCUT2D eigenvalue weighted by Gasteiger charge is 2.29. The predicted molar refractivity (Wildman–Crippen MR) is 91.0 cm³/mol. The number of hydrogen-bond acceptors (Lipinski definition) is 7. The normalized spacial score (nSPS) is 24.1. The maximum Gasteiger partial charge on any atom is 0.270 e. The Kier molecular flexibility index (Phi) is 4.73. The molecule has 3 rings (SSSR count). The minimum atomic E-state index is -3.02. The zero-order valence-electron chi connectivity index (χ0n) is 14.0. The van der Waals surface area contributed by atoms with Crippen LogP contribution in [0.5, 0.6) is 0 Å². The Labute approximate surface area is 142 Å². The number of rotatable bonds is 3. The van der Waals surface area contributed by atoms with Gasteiger partial charge in [-0.25, -0.2) is 18.4 Å². The summed E-state index contributed by atoms with van der Waals surface area (Å²) >= 11 is 0. The van der Waals surface area contributed by atoms with Crippen LogP contribution in [0.25, 0.3) is 0 Å². The lowest BCUT2D eigenvalue weighted by molar-refractivity contribution is 0.0935. The monoisotopic (exact) mass is 353 g/mol. The van der Waals surface area contributed by atoms with Gasteiger partial charge in [0.2, 0.25) is 0 Å². The van der Waals surface area contributed by atoms with Crippen LogP contribution < -0.4 is 10.2 Å². The van der Waals surface area contributed by atoms with Crippen molar-refractivity contribution in [3.8, 4) is 0 Å². The summed E-state index contributed by atoms with van der Waals surface area (Å²) in [6, 6.07) is 1.36. The van der Waals surface area contributed by atoms with E-state index in [-0.39, 0.29) is 23.5 Å². The zero-order valence-corrected chi connectivity index (χ0v) is 14.8. The van der Waals surface area contributed by atoms with Crippen LogP contribution in [0.3, 0.4) is 0 Å². The van der Waals surface area contributed by atoms with Gasteiger partial charge >= 0.3 is 0 Å². The Morgan fingerprint density at radius 3 is 2.58 bits per heavy atom. The van der Waals surface area contributed by atoms with Gasteiger partial charge in [0.25, 0.3) is 5.91 Å². The van der Waals surface area contributed by atoms with Gasteiger partial charge in [-0.2, -0.15) is 0 Å². The molecule has 1 amide bonds. The van der Waals surface area contributed by atoms with Crippen molar-refractivity contribution in [2.75, 3.05) is 49.6 Å². The third kappa shape index (κ3) is 4.02. The molecule has 1 N–H and O–H groups in total. The molecule has 2 fully saturated rings. The second kappa shape index (κ2) is 6.64. The number of likely N-dealkylation sites (N-methyl/N-ethyl adjacent to an activating group) is 1. The number of carbonyl (C=O) groups is 1. The minimum absolute atomic E-state index is 0.00806. The third-order valence-corrected chi connectivity index (χ3v) is 6.22. The molecule has 2 aliphatic heterocycles. The van der Waals surface area contributed by atoms with Crippen molar-refractivity contribution in [1.29, 1.82) is 0 Å². The molecule has 1 atom stereocenters. The highest BCUT2D eigenvalue weighted by Crippen LogP contribution is 2.16. The first-order chi connectivity index (χ1) is 11.3. The van der Waals surface area contributed by atoms with Crippen molar-refractivity contribution in [1.82, 2.24) is 20.2 Å². The molecule has 2 aliphatic rings. The first kappa shape index (κ1) is 17.1. The lowest BCUT2D eigenvalue weighted by Crippen LogP contribution is -2.45.